The van der Waals surface area contributed by atoms with Gasteiger partial charge < -0.3 is 0 Å². The maximum absolute atomic E-state index is 2.33. The van der Waals surface area contributed by atoms with E-state index in [1.165, 1.54) is 131 Å². The minimum atomic E-state index is 0.151. The SMILES string of the molecule is Cc1cc2ccccc2c2ccccc12.Cc1ccc2c(c1)C(C)(C)c1ccccc1-2.Cc1ccc2c3ccccc3c3ccccc3c2c1.Cc1ccc2ccccc2c1.Cc1cccc2ccccc12.Cc1ccccc1. The molecule has 79 heavy (non-hydrogen) atoms. The van der Waals surface area contributed by atoms with Crippen LogP contribution in [0.2, 0.25) is 0 Å². The van der Waals surface area contributed by atoms with Crippen molar-refractivity contribution in [1.82, 2.24) is 0 Å². The molecule has 0 nitrogen and oxygen atoms in total. The van der Waals surface area contributed by atoms with Crippen LogP contribution in [0.25, 0.3) is 86.5 Å². The van der Waals surface area contributed by atoms with E-state index < -0.39 is 0 Å². The Balaban J connectivity index is 0.000000109. The number of benzene rings is 14. The van der Waals surface area contributed by atoms with E-state index in [1.54, 1.807) is 0 Å². The molecule has 0 atom stereocenters. The Kier molecular flexibility index (Phi) is 16.2. The first-order chi connectivity index (χ1) is 38.4. The van der Waals surface area contributed by atoms with Crippen LogP contribution in [-0.4, -0.2) is 0 Å². The monoisotopic (exact) mass is 1020 g/mol. The molecule has 0 saturated carbocycles. The first-order valence-corrected chi connectivity index (χ1v) is 27.7. The van der Waals surface area contributed by atoms with Gasteiger partial charge in [-0.2, -0.15) is 0 Å². The predicted octanol–water partition coefficient (Wildman–Crippen LogP) is 22.3. The average molecular weight is 1020 g/mol. The van der Waals surface area contributed by atoms with E-state index in [4.69, 9.17) is 0 Å². The summed E-state index contributed by atoms with van der Waals surface area (Å²) in [4.78, 5) is 0. The molecule has 0 heteroatoms. The van der Waals surface area contributed by atoms with Crippen molar-refractivity contribution in [3.05, 3.63) is 324 Å². The standard InChI is InChI=1S/C19H14.C16H16.C15H12.2C11H10.C7H8/c1-13-10-11-18-16-8-3-2-6-14(16)15-7-4-5-9-17(15)19(18)12-13;1-11-8-9-13-12-6-4-5-7-14(12)16(2,3)15(13)10-11;1-11-10-12-6-2-3-8-14(12)15-9-5-4-7-13(11)15;1-9-5-4-7-10-6-2-3-8-11(9)10;1-9-6-7-10-4-2-3-5-11(10)8-9;1-7-5-3-2-4-6-7/h2-12H,1H3;4-10H,1-3H3;2-10H,1H3;2*2-8H,1H3;2-6H,1H3. The number of rotatable bonds is 0. The van der Waals surface area contributed by atoms with Crippen LogP contribution in [0.3, 0.4) is 0 Å². The highest BCUT2D eigenvalue weighted by Gasteiger charge is 2.34. The van der Waals surface area contributed by atoms with Crippen LogP contribution in [0.4, 0.5) is 0 Å². The van der Waals surface area contributed by atoms with E-state index in [-0.39, 0.29) is 5.41 Å². The third-order valence-electron chi connectivity index (χ3n) is 15.5. The molecule has 14 aromatic carbocycles. The van der Waals surface area contributed by atoms with E-state index in [0.29, 0.717) is 0 Å². The highest BCUT2D eigenvalue weighted by Crippen LogP contribution is 2.48. The van der Waals surface area contributed by atoms with Crippen LogP contribution < -0.4 is 0 Å². The summed E-state index contributed by atoms with van der Waals surface area (Å²) < 4.78 is 0. The van der Waals surface area contributed by atoms with Crippen molar-refractivity contribution in [3.8, 4) is 11.1 Å². The summed E-state index contributed by atoms with van der Waals surface area (Å²) in [5.41, 5.74) is 13.9. The number of fused-ring (bicyclic) bond motifs is 14. The lowest BCUT2D eigenvalue weighted by Gasteiger charge is -2.21. The first-order valence-electron chi connectivity index (χ1n) is 27.7. The molecule has 0 N–H and O–H groups in total. The highest BCUT2D eigenvalue weighted by molar-refractivity contribution is 6.25. The average Bonchev–Trinajstić information content (AvgIpc) is 4.04. The third-order valence-corrected chi connectivity index (χ3v) is 15.5. The van der Waals surface area contributed by atoms with Crippen LogP contribution in [0.15, 0.2) is 279 Å². The number of aryl methyl sites for hydroxylation is 6. The van der Waals surface area contributed by atoms with Crippen LogP contribution in [-0.2, 0) is 5.41 Å². The molecule has 0 amide bonds. The molecule has 0 saturated heterocycles. The fourth-order valence-electron chi connectivity index (χ4n) is 11.3. The van der Waals surface area contributed by atoms with Gasteiger partial charge in [0.25, 0.3) is 0 Å². The lowest BCUT2D eigenvalue weighted by molar-refractivity contribution is 0.660. The molecule has 0 aromatic heterocycles. The van der Waals surface area contributed by atoms with Gasteiger partial charge in [-0.3, -0.25) is 0 Å². The van der Waals surface area contributed by atoms with Gasteiger partial charge in [0.1, 0.15) is 0 Å². The summed E-state index contributed by atoms with van der Waals surface area (Å²) in [6.45, 7) is 17.5. The van der Waals surface area contributed by atoms with Gasteiger partial charge in [-0.05, 0) is 150 Å². The lowest BCUT2D eigenvalue weighted by Crippen LogP contribution is -2.14. The molecule has 1 aliphatic rings. The molecule has 0 heterocycles. The van der Waals surface area contributed by atoms with Crippen molar-refractivity contribution >= 4 is 75.4 Å². The molecule has 0 radical (unpaired) electrons. The predicted molar refractivity (Wildman–Crippen MR) is 347 cm³/mol. The molecule has 1 aliphatic carbocycles. The molecule has 0 unspecified atom stereocenters. The first kappa shape index (κ1) is 53.3. The topological polar surface area (TPSA) is 0 Å². The largest absolute Gasteiger partial charge is 0.0622 e. The third kappa shape index (κ3) is 11.9. The van der Waals surface area contributed by atoms with Crippen molar-refractivity contribution in [1.29, 1.82) is 0 Å². The molecule has 14 aromatic rings. The number of hydrogen-bond donors (Lipinski definition) is 0. The van der Waals surface area contributed by atoms with Gasteiger partial charge in [0.2, 0.25) is 0 Å². The second kappa shape index (κ2) is 24.1. The van der Waals surface area contributed by atoms with Crippen molar-refractivity contribution < 1.29 is 0 Å². The normalized spacial score (nSPS) is 11.6. The zero-order valence-electron chi connectivity index (χ0n) is 47.1. The van der Waals surface area contributed by atoms with Crippen LogP contribution >= 0.6 is 0 Å². The molecule has 15 rings (SSSR count). The summed E-state index contributed by atoms with van der Waals surface area (Å²) in [5, 5.41) is 18.8. The summed E-state index contributed by atoms with van der Waals surface area (Å²) in [5.74, 6) is 0. The van der Waals surface area contributed by atoms with Gasteiger partial charge in [-0.15, -0.1) is 0 Å². The van der Waals surface area contributed by atoms with E-state index in [0.717, 1.165) is 0 Å². The van der Waals surface area contributed by atoms with Gasteiger partial charge in [0.05, 0.1) is 0 Å². The maximum Gasteiger partial charge on any atom is 0.0158 e. The number of hydrogen-bond acceptors (Lipinski definition) is 0. The van der Waals surface area contributed by atoms with Crippen molar-refractivity contribution in [2.24, 2.45) is 0 Å². The summed E-state index contributed by atoms with van der Waals surface area (Å²) in [7, 11) is 0. The van der Waals surface area contributed by atoms with Crippen molar-refractivity contribution in [2.75, 3.05) is 0 Å². The van der Waals surface area contributed by atoms with E-state index >= 15 is 0 Å². The van der Waals surface area contributed by atoms with E-state index in [1.807, 2.05) is 18.2 Å². The highest BCUT2D eigenvalue weighted by atomic mass is 14.4. The second-order valence-corrected chi connectivity index (χ2v) is 21.6. The zero-order valence-corrected chi connectivity index (χ0v) is 47.1. The Morgan fingerprint density at radius 1 is 0.203 bits per heavy atom. The van der Waals surface area contributed by atoms with Gasteiger partial charge in [0, 0.05) is 5.41 Å². The Morgan fingerprint density at radius 3 is 1.27 bits per heavy atom. The smallest absolute Gasteiger partial charge is 0.0158 e. The van der Waals surface area contributed by atoms with Crippen molar-refractivity contribution in [3.63, 3.8) is 0 Å². The summed E-state index contributed by atoms with van der Waals surface area (Å²) in [6, 6.07) is 99.1. The van der Waals surface area contributed by atoms with Gasteiger partial charge in [0.15, 0.2) is 0 Å². The lowest BCUT2D eigenvalue weighted by atomic mass is 9.82. The molecular formula is C79H70. The molecule has 0 spiro atoms. The zero-order chi connectivity index (χ0) is 54.9. The Morgan fingerprint density at radius 2 is 0.633 bits per heavy atom. The fourth-order valence-corrected chi connectivity index (χ4v) is 11.3. The van der Waals surface area contributed by atoms with E-state index in [9.17, 15) is 0 Å². The van der Waals surface area contributed by atoms with Crippen LogP contribution in [0.1, 0.15) is 58.4 Å². The molecule has 386 valence electrons. The minimum Gasteiger partial charge on any atom is -0.0622 e. The Labute approximate surface area is 468 Å². The molecular weight excluding hydrogens is 949 g/mol. The van der Waals surface area contributed by atoms with Crippen LogP contribution in [0.5, 0.6) is 0 Å². The van der Waals surface area contributed by atoms with Gasteiger partial charge in [-0.1, -0.05) is 315 Å². The van der Waals surface area contributed by atoms with Gasteiger partial charge >= 0.3 is 0 Å². The fraction of sp³-hybridized carbons (Fsp3) is 0.114. The maximum atomic E-state index is 2.33. The summed E-state index contributed by atoms with van der Waals surface area (Å²) >= 11 is 0. The van der Waals surface area contributed by atoms with Crippen LogP contribution in [0, 0.1) is 41.5 Å². The Hall–Kier alpha value is -9.10. The van der Waals surface area contributed by atoms with Crippen molar-refractivity contribution in [2.45, 2.75) is 60.8 Å². The quantitative estimate of drug-likeness (QED) is 0.133. The van der Waals surface area contributed by atoms with Gasteiger partial charge in [-0.25, -0.2) is 0 Å². The molecule has 0 bridgehead atoms. The molecule has 0 fully saturated rings. The minimum absolute atomic E-state index is 0.151. The Bertz CT molecular complexity index is 4360. The van der Waals surface area contributed by atoms with E-state index in [2.05, 4.69) is 316 Å². The summed E-state index contributed by atoms with van der Waals surface area (Å²) in [6.07, 6.45) is 0. The second-order valence-electron chi connectivity index (χ2n) is 21.6. The molecule has 0 aliphatic heterocycles.